The van der Waals surface area contributed by atoms with Crippen molar-refractivity contribution in [1.29, 1.82) is 0 Å². The maximum Gasteiger partial charge on any atom is 0.318 e. The van der Waals surface area contributed by atoms with Gasteiger partial charge >= 0.3 is 6.01 Å². The van der Waals surface area contributed by atoms with Crippen molar-refractivity contribution >= 4 is 17.4 Å². The Morgan fingerprint density at radius 1 is 1.56 bits per heavy atom. The molecule has 0 saturated heterocycles. The molecule has 18 heavy (non-hydrogen) atoms. The summed E-state index contributed by atoms with van der Waals surface area (Å²) in [5.41, 5.74) is 0. The van der Waals surface area contributed by atoms with Gasteiger partial charge in [-0.15, -0.1) is 0 Å². The first kappa shape index (κ1) is 13.4. The van der Waals surface area contributed by atoms with E-state index >= 15 is 0 Å². The monoisotopic (exact) mass is 271 g/mol. The summed E-state index contributed by atoms with van der Waals surface area (Å²) in [5.74, 6) is 0.710. The zero-order valence-corrected chi connectivity index (χ0v) is 11.2. The molecule has 1 heterocycles. The minimum absolute atomic E-state index is 0.170. The average Bonchev–Trinajstić information content (AvgIpc) is 2.33. The lowest BCUT2D eigenvalue weighted by molar-refractivity contribution is 0.282. The van der Waals surface area contributed by atoms with E-state index in [9.17, 15) is 0 Å². The molecule has 0 aliphatic heterocycles. The lowest BCUT2D eigenvalue weighted by atomic mass is 9.91. The zero-order valence-electron chi connectivity index (χ0n) is 10.5. The van der Waals surface area contributed by atoms with Crippen molar-refractivity contribution in [3.63, 3.8) is 0 Å². The van der Waals surface area contributed by atoms with Gasteiger partial charge < -0.3 is 14.7 Å². The van der Waals surface area contributed by atoms with Crippen molar-refractivity contribution in [2.45, 2.75) is 31.7 Å². The summed E-state index contributed by atoms with van der Waals surface area (Å²) in [6.07, 6.45) is 5.80. The molecule has 1 fully saturated rings. The van der Waals surface area contributed by atoms with Gasteiger partial charge in [-0.3, -0.25) is 0 Å². The second-order valence-electron chi connectivity index (χ2n) is 4.38. The van der Waals surface area contributed by atoms with Crippen LogP contribution in [0.15, 0.2) is 6.20 Å². The fourth-order valence-corrected chi connectivity index (χ4v) is 2.24. The summed E-state index contributed by atoms with van der Waals surface area (Å²) >= 11 is 6.17. The number of aliphatic hydroxyl groups excluding tert-OH is 1. The van der Waals surface area contributed by atoms with Crippen LogP contribution in [0.3, 0.4) is 0 Å². The highest BCUT2D eigenvalue weighted by atomic mass is 35.5. The Labute approximate surface area is 112 Å². The number of halogens is 1. The molecule has 0 radical (unpaired) electrons. The van der Waals surface area contributed by atoms with Crippen LogP contribution in [-0.4, -0.2) is 41.4 Å². The van der Waals surface area contributed by atoms with E-state index in [0.29, 0.717) is 29.3 Å². The molecule has 100 valence electrons. The van der Waals surface area contributed by atoms with Gasteiger partial charge in [0.25, 0.3) is 0 Å². The van der Waals surface area contributed by atoms with Crippen molar-refractivity contribution < 1.29 is 9.84 Å². The molecule has 1 aromatic heterocycles. The molecule has 0 bridgehead atoms. The summed E-state index contributed by atoms with van der Waals surface area (Å²) in [7, 11) is 1.54. The SMILES string of the molecule is COc1ncc(Cl)c(N(CCCO)C2CCC2)n1. The van der Waals surface area contributed by atoms with E-state index in [2.05, 4.69) is 14.9 Å². The van der Waals surface area contributed by atoms with Crippen LogP contribution in [0.1, 0.15) is 25.7 Å². The van der Waals surface area contributed by atoms with E-state index in [1.54, 1.807) is 6.20 Å². The molecule has 0 unspecified atom stereocenters. The van der Waals surface area contributed by atoms with Crippen LogP contribution in [0.2, 0.25) is 5.02 Å². The van der Waals surface area contributed by atoms with Crippen LogP contribution < -0.4 is 9.64 Å². The second kappa shape index (κ2) is 6.20. The maximum absolute atomic E-state index is 8.99. The number of rotatable bonds is 6. The third-order valence-electron chi connectivity index (χ3n) is 3.23. The van der Waals surface area contributed by atoms with Crippen LogP contribution in [0, 0.1) is 0 Å². The van der Waals surface area contributed by atoms with E-state index in [1.165, 1.54) is 13.5 Å². The smallest absolute Gasteiger partial charge is 0.318 e. The van der Waals surface area contributed by atoms with Gasteiger partial charge in [-0.2, -0.15) is 4.98 Å². The number of nitrogens with zero attached hydrogens (tertiary/aromatic N) is 3. The molecule has 1 saturated carbocycles. The Morgan fingerprint density at radius 3 is 2.89 bits per heavy atom. The summed E-state index contributed by atoms with van der Waals surface area (Å²) in [6, 6.07) is 0.788. The molecule has 2 rings (SSSR count). The lowest BCUT2D eigenvalue weighted by Crippen LogP contribution is -2.41. The molecule has 0 amide bonds. The van der Waals surface area contributed by atoms with Crippen LogP contribution >= 0.6 is 11.6 Å². The molecule has 1 aliphatic rings. The quantitative estimate of drug-likeness (QED) is 0.856. The maximum atomic E-state index is 8.99. The first-order valence-electron chi connectivity index (χ1n) is 6.20. The molecule has 5 nitrogen and oxygen atoms in total. The number of aliphatic hydroxyl groups is 1. The number of aromatic nitrogens is 2. The van der Waals surface area contributed by atoms with Crippen LogP contribution in [0.5, 0.6) is 6.01 Å². The van der Waals surface area contributed by atoms with Gasteiger partial charge in [0, 0.05) is 19.2 Å². The number of methoxy groups -OCH3 is 1. The molecule has 1 aliphatic carbocycles. The standard InChI is InChI=1S/C12H18ClN3O2/c1-18-12-14-8-10(13)11(15-12)16(6-3-7-17)9-4-2-5-9/h8-9,17H,2-7H2,1H3. The van der Waals surface area contributed by atoms with Gasteiger partial charge in [0.15, 0.2) is 5.82 Å². The van der Waals surface area contributed by atoms with E-state index in [0.717, 1.165) is 19.4 Å². The highest BCUT2D eigenvalue weighted by Gasteiger charge is 2.27. The van der Waals surface area contributed by atoms with Crippen molar-refractivity contribution in [2.75, 3.05) is 25.2 Å². The van der Waals surface area contributed by atoms with Gasteiger partial charge in [-0.1, -0.05) is 11.6 Å². The van der Waals surface area contributed by atoms with Crippen LogP contribution in [0.25, 0.3) is 0 Å². The van der Waals surface area contributed by atoms with Gasteiger partial charge in [0.2, 0.25) is 0 Å². The third-order valence-corrected chi connectivity index (χ3v) is 3.50. The number of ether oxygens (including phenoxy) is 1. The first-order chi connectivity index (χ1) is 8.76. The van der Waals surface area contributed by atoms with Crippen LogP contribution in [0.4, 0.5) is 5.82 Å². The Kier molecular flexibility index (Phi) is 4.60. The first-order valence-corrected chi connectivity index (χ1v) is 6.58. The Balaban J connectivity index is 2.22. The van der Waals surface area contributed by atoms with E-state index in [-0.39, 0.29) is 6.61 Å². The summed E-state index contributed by atoms with van der Waals surface area (Å²) in [6.45, 7) is 0.921. The van der Waals surface area contributed by atoms with E-state index < -0.39 is 0 Å². The Morgan fingerprint density at radius 2 is 2.33 bits per heavy atom. The third kappa shape index (κ3) is 2.84. The van der Waals surface area contributed by atoms with Crippen molar-refractivity contribution in [3.05, 3.63) is 11.2 Å². The van der Waals surface area contributed by atoms with Gasteiger partial charge in [-0.05, 0) is 25.7 Å². The summed E-state index contributed by atoms with van der Waals surface area (Å²) in [4.78, 5) is 10.5. The van der Waals surface area contributed by atoms with Crippen LogP contribution in [-0.2, 0) is 0 Å². The normalized spacial score (nSPS) is 15.3. The largest absolute Gasteiger partial charge is 0.467 e. The predicted molar refractivity (Wildman–Crippen MR) is 70.3 cm³/mol. The molecule has 1 N–H and O–H groups in total. The van der Waals surface area contributed by atoms with Crippen molar-refractivity contribution in [2.24, 2.45) is 0 Å². The predicted octanol–water partition coefficient (Wildman–Crippen LogP) is 1.88. The highest BCUT2D eigenvalue weighted by molar-refractivity contribution is 6.32. The highest BCUT2D eigenvalue weighted by Crippen LogP contribution is 2.33. The van der Waals surface area contributed by atoms with E-state index in [4.69, 9.17) is 21.4 Å². The number of hydrogen-bond acceptors (Lipinski definition) is 5. The topological polar surface area (TPSA) is 58.5 Å². The lowest BCUT2D eigenvalue weighted by Gasteiger charge is -2.38. The Hall–Kier alpha value is -1.07. The summed E-state index contributed by atoms with van der Waals surface area (Å²) < 4.78 is 5.04. The molecular weight excluding hydrogens is 254 g/mol. The fourth-order valence-electron chi connectivity index (χ4n) is 2.04. The van der Waals surface area contributed by atoms with Gasteiger partial charge in [0.1, 0.15) is 5.02 Å². The number of hydrogen-bond donors (Lipinski definition) is 1. The second-order valence-corrected chi connectivity index (χ2v) is 4.79. The average molecular weight is 272 g/mol. The minimum atomic E-state index is 0.170. The van der Waals surface area contributed by atoms with Gasteiger partial charge in [-0.25, -0.2) is 4.98 Å². The molecular formula is C12H18ClN3O2. The molecule has 0 aromatic carbocycles. The minimum Gasteiger partial charge on any atom is -0.467 e. The fraction of sp³-hybridized carbons (Fsp3) is 0.667. The van der Waals surface area contributed by atoms with Crippen molar-refractivity contribution in [3.8, 4) is 6.01 Å². The molecule has 0 spiro atoms. The molecule has 6 heteroatoms. The van der Waals surface area contributed by atoms with Crippen molar-refractivity contribution in [1.82, 2.24) is 9.97 Å². The molecule has 0 atom stereocenters. The van der Waals surface area contributed by atoms with E-state index in [1.807, 2.05) is 0 Å². The summed E-state index contributed by atoms with van der Waals surface area (Å²) in [5, 5.41) is 9.52. The number of anilines is 1. The Bertz CT molecular complexity index is 399. The molecule has 1 aromatic rings. The zero-order chi connectivity index (χ0) is 13.0. The van der Waals surface area contributed by atoms with Gasteiger partial charge in [0.05, 0.1) is 13.3 Å².